The van der Waals surface area contributed by atoms with Crippen LogP contribution in [0.4, 0.5) is 0 Å². The van der Waals surface area contributed by atoms with Gasteiger partial charge in [-0.25, -0.2) is 0 Å². The molecule has 1 amide bonds. The maximum Gasteiger partial charge on any atom is 0.243 e. The Hall–Kier alpha value is -0.650. The lowest BCUT2D eigenvalue weighted by atomic mass is 9.47. The van der Waals surface area contributed by atoms with Gasteiger partial charge in [-0.05, 0) is 32.1 Å². The standard InChI is InChI=1S/C16H28N2O3/c1-10(19)11-4-7-18(8-5-11)14(20)16(17)12-6-9-21-13(12)15(16,2)3/h10-13,19H,4-9,17H2,1-3H3. The molecule has 5 nitrogen and oxygen atoms in total. The molecule has 4 unspecified atom stereocenters. The number of hydrogen-bond donors (Lipinski definition) is 2. The monoisotopic (exact) mass is 296 g/mol. The van der Waals surface area contributed by atoms with Crippen LogP contribution in [0.5, 0.6) is 0 Å². The van der Waals surface area contributed by atoms with Crippen molar-refractivity contribution in [2.75, 3.05) is 19.7 Å². The van der Waals surface area contributed by atoms with E-state index in [1.807, 2.05) is 11.8 Å². The van der Waals surface area contributed by atoms with Crippen molar-refractivity contribution in [2.24, 2.45) is 23.0 Å². The molecule has 0 bridgehead atoms. The highest BCUT2D eigenvalue weighted by atomic mass is 16.5. The van der Waals surface area contributed by atoms with Gasteiger partial charge in [-0.2, -0.15) is 0 Å². The molecule has 0 aromatic rings. The number of aliphatic hydroxyl groups excluding tert-OH is 1. The Balaban J connectivity index is 1.71. The van der Waals surface area contributed by atoms with E-state index in [0.29, 0.717) is 19.0 Å². The van der Waals surface area contributed by atoms with Crippen molar-refractivity contribution < 1.29 is 14.6 Å². The number of hydrogen-bond acceptors (Lipinski definition) is 4. The van der Waals surface area contributed by atoms with Crippen LogP contribution in [-0.2, 0) is 9.53 Å². The SMILES string of the molecule is CC(O)C1CCN(C(=O)C2(N)C3CCOC3C2(C)C)CC1. The topological polar surface area (TPSA) is 75.8 Å². The third-order valence-corrected chi connectivity index (χ3v) is 6.32. The van der Waals surface area contributed by atoms with Gasteiger partial charge in [0.1, 0.15) is 5.54 Å². The minimum Gasteiger partial charge on any atom is -0.393 e. The molecule has 3 aliphatic rings. The lowest BCUT2D eigenvalue weighted by Gasteiger charge is -2.62. The number of nitrogens with two attached hydrogens (primary N) is 1. The summed E-state index contributed by atoms with van der Waals surface area (Å²) in [4.78, 5) is 14.9. The Morgan fingerprint density at radius 3 is 2.52 bits per heavy atom. The first kappa shape index (κ1) is 15.3. The average Bonchev–Trinajstić information content (AvgIpc) is 2.94. The molecule has 0 radical (unpaired) electrons. The van der Waals surface area contributed by atoms with Crippen LogP contribution in [0.1, 0.15) is 40.0 Å². The molecule has 2 saturated heterocycles. The number of likely N-dealkylation sites (tertiary alicyclic amines) is 1. The van der Waals surface area contributed by atoms with Gasteiger partial charge < -0.3 is 20.5 Å². The minimum atomic E-state index is -0.786. The summed E-state index contributed by atoms with van der Waals surface area (Å²) < 4.78 is 5.76. The first-order valence-electron chi connectivity index (χ1n) is 8.18. The molecule has 5 heteroatoms. The summed E-state index contributed by atoms with van der Waals surface area (Å²) in [7, 11) is 0. The van der Waals surface area contributed by atoms with Gasteiger partial charge in [-0.3, -0.25) is 4.79 Å². The summed E-state index contributed by atoms with van der Waals surface area (Å²) in [6, 6.07) is 0. The van der Waals surface area contributed by atoms with Crippen molar-refractivity contribution in [1.29, 1.82) is 0 Å². The van der Waals surface area contributed by atoms with Crippen LogP contribution in [0.25, 0.3) is 0 Å². The number of carbonyl (C=O) groups excluding carboxylic acids is 1. The third-order valence-electron chi connectivity index (χ3n) is 6.32. The molecule has 1 aliphatic carbocycles. The normalized spacial score (nSPS) is 40.5. The molecule has 0 aromatic heterocycles. The molecule has 0 aromatic carbocycles. The molecule has 21 heavy (non-hydrogen) atoms. The Morgan fingerprint density at radius 2 is 1.95 bits per heavy atom. The van der Waals surface area contributed by atoms with E-state index in [2.05, 4.69) is 13.8 Å². The second kappa shape index (κ2) is 4.93. The maximum absolute atomic E-state index is 13.0. The highest BCUT2D eigenvalue weighted by molar-refractivity contribution is 5.89. The van der Waals surface area contributed by atoms with Crippen LogP contribution in [0.3, 0.4) is 0 Å². The fourth-order valence-electron chi connectivity index (χ4n) is 4.67. The van der Waals surface area contributed by atoms with E-state index < -0.39 is 5.54 Å². The molecule has 1 saturated carbocycles. The second-order valence-electron chi connectivity index (χ2n) is 7.65. The number of piperidine rings is 1. The Labute approximate surface area is 126 Å². The molecule has 4 atom stereocenters. The smallest absolute Gasteiger partial charge is 0.243 e. The summed E-state index contributed by atoms with van der Waals surface area (Å²) in [6.07, 6.45) is 2.46. The highest BCUT2D eigenvalue weighted by Gasteiger charge is 2.71. The Morgan fingerprint density at radius 1 is 1.33 bits per heavy atom. The second-order valence-corrected chi connectivity index (χ2v) is 7.65. The Kier molecular flexibility index (Phi) is 3.58. The summed E-state index contributed by atoms with van der Waals surface area (Å²) in [5.41, 5.74) is 5.53. The van der Waals surface area contributed by atoms with E-state index in [0.717, 1.165) is 25.9 Å². The quantitative estimate of drug-likeness (QED) is 0.788. The van der Waals surface area contributed by atoms with E-state index in [4.69, 9.17) is 10.5 Å². The molecule has 3 N–H and O–H groups in total. The predicted octanol–water partition coefficient (Wildman–Crippen LogP) is 0.748. The van der Waals surface area contributed by atoms with Crippen molar-refractivity contribution in [2.45, 2.75) is 57.8 Å². The zero-order valence-electron chi connectivity index (χ0n) is 13.3. The number of amides is 1. The van der Waals surface area contributed by atoms with Crippen molar-refractivity contribution in [3.05, 3.63) is 0 Å². The highest BCUT2D eigenvalue weighted by Crippen LogP contribution is 2.58. The molecule has 2 heterocycles. The van der Waals surface area contributed by atoms with Crippen LogP contribution in [0, 0.1) is 17.3 Å². The Bertz CT molecular complexity index is 429. The molecule has 2 aliphatic heterocycles. The van der Waals surface area contributed by atoms with Gasteiger partial charge in [0.2, 0.25) is 5.91 Å². The summed E-state index contributed by atoms with van der Waals surface area (Å²) in [6.45, 7) is 8.08. The number of nitrogens with zero attached hydrogens (tertiary/aromatic N) is 1. The van der Waals surface area contributed by atoms with Gasteiger partial charge in [-0.15, -0.1) is 0 Å². The summed E-state index contributed by atoms with van der Waals surface area (Å²) in [5.74, 6) is 0.553. The van der Waals surface area contributed by atoms with E-state index in [1.165, 1.54) is 0 Å². The van der Waals surface area contributed by atoms with Gasteiger partial charge in [0.05, 0.1) is 12.2 Å². The summed E-state index contributed by atoms with van der Waals surface area (Å²) >= 11 is 0. The van der Waals surface area contributed by atoms with Gasteiger partial charge in [-0.1, -0.05) is 13.8 Å². The van der Waals surface area contributed by atoms with Crippen LogP contribution in [0.15, 0.2) is 0 Å². The van der Waals surface area contributed by atoms with Crippen LogP contribution < -0.4 is 5.73 Å². The van der Waals surface area contributed by atoms with Crippen molar-refractivity contribution >= 4 is 5.91 Å². The molecule has 3 rings (SSSR count). The maximum atomic E-state index is 13.0. The lowest BCUT2D eigenvalue weighted by Crippen LogP contribution is -2.80. The van der Waals surface area contributed by atoms with Crippen LogP contribution in [-0.4, -0.2) is 53.4 Å². The van der Waals surface area contributed by atoms with Crippen molar-refractivity contribution in [1.82, 2.24) is 4.90 Å². The number of fused-ring (bicyclic) bond motifs is 1. The van der Waals surface area contributed by atoms with Crippen LogP contribution in [0.2, 0.25) is 0 Å². The fraction of sp³-hybridized carbons (Fsp3) is 0.938. The van der Waals surface area contributed by atoms with E-state index in [1.54, 1.807) is 0 Å². The lowest BCUT2D eigenvalue weighted by molar-refractivity contribution is -0.185. The summed E-state index contributed by atoms with van der Waals surface area (Å²) in [5, 5.41) is 9.68. The van der Waals surface area contributed by atoms with Gasteiger partial charge in [0.25, 0.3) is 0 Å². The number of rotatable bonds is 2. The molecule has 3 fully saturated rings. The largest absolute Gasteiger partial charge is 0.393 e. The van der Waals surface area contributed by atoms with E-state index in [9.17, 15) is 9.90 Å². The van der Waals surface area contributed by atoms with E-state index >= 15 is 0 Å². The number of aliphatic hydroxyl groups is 1. The first-order chi connectivity index (χ1) is 9.80. The van der Waals surface area contributed by atoms with Gasteiger partial charge in [0, 0.05) is 31.0 Å². The zero-order valence-corrected chi connectivity index (χ0v) is 13.3. The van der Waals surface area contributed by atoms with Crippen LogP contribution >= 0.6 is 0 Å². The van der Waals surface area contributed by atoms with E-state index in [-0.39, 0.29) is 29.4 Å². The number of carbonyl (C=O) groups is 1. The zero-order chi connectivity index (χ0) is 15.4. The number of ether oxygens (including phenoxy) is 1. The van der Waals surface area contributed by atoms with Gasteiger partial charge in [0.15, 0.2) is 0 Å². The van der Waals surface area contributed by atoms with Crippen molar-refractivity contribution in [3.8, 4) is 0 Å². The van der Waals surface area contributed by atoms with Crippen molar-refractivity contribution in [3.63, 3.8) is 0 Å². The predicted molar refractivity (Wildman–Crippen MR) is 79.5 cm³/mol. The molecule has 0 spiro atoms. The molecule has 120 valence electrons. The van der Waals surface area contributed by atoms with Gasteiger partial charge >= 0.3 is 0 Å². The molecular weight excluding hydrogens is 268 g/mol. The average molecular weight is 296 g/mol. The third kappa shape index (κ3) is 1.97. The minimum absolute atomic E-state index is 0.0864. The molecular formula is C16H28N2O3. The first-order valence-corrected chi connectivity index (χ1v) is 8.18. The fourth-order valence-corrected chi connectivity index (χ4v) is 4.67.